The van der Waals surface area contributed by atoms with Crippen LogP contribution in [0.1, 0.15) is 17.0 Å². The van der Waals surface area contributed by atoms with Crippen LogP contribution in [0.15, 0.2) is 70.9 Å². The lowest BCUT2D eigenvalue weighted by Gasteiger charge is -2.14. The van der Waals surface area contributed by atoms with Gasteiger partial charge >= 0.3 is 0 Å². The van der Waals surface area contributed by atoms with E-state index in [1.165, 1.54) is 11.8 Å². The number of thioether (sulfide) groups is 1. The Balaban J connectivity index is 1.61. The number of rotatable bonds is 4. The summed E-state index contributed by atoms with van der Waals surface area (Å²) >= 11 is 1.39. The van der Waals surface area contributed by atoms with Crippen molar-refractivity contribution in [3.05, 3.63) is 77.6 Å². The van der Waals surface area contributed by atoms with Gasteiger partial charge in [-0.1, -0.05) is 48.2 Å². The van der Waals surface area contributed by atoms with Crippen molar-refractivity contribution in [1.82, 2.24) is 9.78 Å². The maximum Gasteiger partial charge on any atom is 0.243 e. The molecule has 7 heteroatoms. The van der Waals surface area contributed by atoms with Gasteiger partial charge in [0, 0.05) is 5.56 Å². The number of aryl methyl sites for hydroxylation is 1. The molecule has 1 fully saturated rings. The van der Waals surface area contributed by atoms with Gasteiger partial charge in [0.05, 0.1) is 34.7 Å². The quantitative estimate of drug-likeness (QED) is 0.501. The van der Waals surface area contributed by atoms with E-state index in [4.69, 9.17) is 0 Å². The maximum atomic E-state index is 12.2. The number of anilines is 1. The average molecular weight is 389 g/mol. The first-order chi connectivity index (χ1) is 13.6. The summed E-state index contributed by atoms with van der Waals surface area (Å²) in [6.07, 6.45) is 1.70. The summed E-state index contributed by atoms with van der Waals surface area (Å²) in [4.78, 5) is 13.9. The first-order valence-electron chi connectivity index (χ1n) is 8.88. The lowest BCUT2D eigenvalue weighted by atomic mass is 10.2. The molecule has 0 radical (unpaired) electrons. The third-order valence-corrected chi connectivity index (χ3v) is 5.37. The zero-order valence-electron chi connectivity index (χ0n) is 15.6. The van der Waals surface area contributed by atoms with Crippen LogP contribution in [-0.2, 0) is 4.79 Å². The van der Waals surface area contributed by atoms with Crippen LogP contribution in [0.3, 0.4) is 0 Å². The van der Waals surface area contributed by atoms with Crippen molar-refractivity contribution in [3.63, 3.8) is 0 Å². The Morgan fingerprint density at radius 3 is 2.32 bits per heavy atom. The normalized spacial score (nSPS) is 15.9. The first kappa shape index (κ1) is 18.2. The van der Waals surface area contributed by atoms with Gasteiger partial charge in [-0.05, 0) is 38.1 Å². The SMILES string of the molecule is Cc1nn(-c2ccccc2)c(C)c1/C=N/N=C1\SCC(=O)N1c1ccccc1. The van der Waals surface area contributed by atoms with Gasteiger partial charge in [-0.2, -0.15) is 10.2 Å². The van der Waals surface area contributed by atoms with Gasteiger partial charge < -0.3 is 0 Å². The lowest BCUT2D eigenvalue weighted by molar-refractivity contribution is -0.115. The highest BCUT2D eigenvalue weighted by atomic mass is 32.2. The van der Waals surface area contributed by atoms with Crippen LogP contribution in [-0.4, -0.2) is 32.8 Å². The molecule has 3 aromatic rings. The summed E-state index contributed by atoms with van der Waals surface area (Å²) < 4.78 is 1.90. The van der Waals surface area contributed by atoms with Gasteiger partial charge in [0.25, 0.3) is 0 Å². The number of carbonyl (C=O) groups is 1. The smallest absolute Gasteiger partial charge is 0.243 e. The molecule has 0 spiro atoms. The highest BCUT2D eigenvalue weighted by molar-refractivity contribution is 8.15. The summed E-state index contributed by atoms with van der Waals surface area (Å²) in [5.74, 6) is 0.377. The van der Waals surface area contributed by atoms with Crippen molar-refractivity contribution in [2.45, 2.75) is 13.8 Å². The molecule has 6 nitrogen and oxygen atoms in total. The molecule has 1 aliphatic rings. The Hall–Kier alpha value is -3.19. The zero-order valence-corrected chi connectivity index (χ0v) is 16.4. The summed E-state index contributed by atoms with van der Waals surface area (Å²) in [5.41, 5.74) is 4.59. The maximum absolute atomic E-state index is 12.2. The minimum atomic E-state index is 0.00871. The number of benzene rings is 2. The number of nitrogens with zero attached hydrogens (tertiary/aromatic N) is 5. The van der Waals surface area contributed by atoms with E-state index in [0.29, 0.717) is 10.9 Å². The fraction of sp³-hybridized carbons (Fsp3) is 0.143. The Kier molecular flexibility index (Phi) is 5.08. The molecule has 0 atom stereocenters. The van der Waals surface area contributed by atoms with Crippen LogP contribution in [0.25, 0.3) is 5.69 Å². The molecule has 0 saturated carbocycles. The second-order valence-corrected chi connectivity index (χ2v) is 7.25. The molecule has 0 N–H and O–H groups in total. The van der Waals surface area contributed by atoms with Crippen LogP contribution < -0.4 is 4.90 Å². The number of amidine groups is 1. The van der Waals surface area contributed by atoms with Crippen LogP contribution >= 0.6 is 11.8 Å². The van der Waals surface area contributed by atoms with E-state index in [0.717, 1.165) is 28.3 Å². The lowest BCUT2D eigenvalue weighted by Crippen LogP contribution is -2.28. The summed E-state index contributed by atoms with van der Waals surface area (Å²) in [6.45, 7) is 3.96. The first-order valence-corrected chi connectivity index (χ1v) is 9.87. The minimum absolute atomic E-state index is 0.00871. The van der Waals surface area contributed by atoms with Gasteiger partial charge in [-0.3, -0.25) is 9.69 Å². The van der Waals surface area contributed by atoms with Gasteiger partial charge in [-0.25, -0.2) is 4.68 Å². The monoisotopic (exact) mass is 389 g/mol. The molecule has 2 heterocycles. The number of aromatic nitrogens is 2. The molecule has 0 aliphatic carbocycles. The number of carbonyl (C=O) groups excluding carboxylic acids is 1. The third-order valence-electron chi connectivity index (χ3n) is 4.46. The van der Waals surface area contributed by atoms with Crippen molar-refractivity contribution in [1.29, 1.82) is 0 Å². The molecule has 1 saturated heterocycles. The largest absolute Gasteiger partial charge is 0.273 e. The molecule has 0 unspecified atom stereocenters. The third kappa shape index (κ3) is 3.48. The van der Waals surface area contributed by atoms with Crippen molar-refractivity contribution in [3.8, 4) is 5.69 Å². The zero-order chi connectivity index (χ0) is 19.5. The fourth-order valence-electron chi connectivity index (χ4n) is 3.07. The van der Waals surface area contributed by atoms with E-state index in [2.05, 4.69) is 15.3 Å². The van der Waals surface area contributed by atoms with Crippen LogP contribution in [0, 0.1) is 13.8 Å². The van der Waals surface area contributed by atoms with Gasteiger partial charge in [-0.15, -0.1) is 5.10 Å². The predicted molar refractivity (Wildman–Crippen MR) is 114 cm³/mol. The molecule has 1 aliphatic heterocycles. The Bertz CT molecular complexity index is 1060. The van der Waals surface area contributed by atoms with Crippen LogP contribution in [0.2, 0.25) is 0 Å². The number of para-hydroxylation sites is 2. The van der Waals surface area contributed by atoms with E-state index in [9.17, 15) is 4.79 Å². The standard InChI is InChI=1S/C21H19N5OS/c1-15-19(16(2)26(24-15)18-11-7-4-8-12-18)13-22-23-21-25(20(27)14-28-21)17-9-5-3-6-10-17/h3-13H,14H2,1-2H3/b22-13+,23-21-. The van der Waals surface area contributed by atoms with E-state index in [1.807, 2.05) is 79.2 Å². The van der Waals surface area contributed by atoms with E-state index in [-0.39, 0.29) is 5.91 Å². The molecular weight excluding hydrogens is 370 g/mol. The summed E-state index contributed by atoms with van der Waals surface area (Å²) in [7, 11) is 0. The fourth-order valence-corrected chi connectivity index (χ4v) is 3.89. The topological polar surface area (TPSA) is 62.9 Å². The molecule has 0 bridgehead atoms. The van der Waals surface area contributed by atoms with Crippen molar-refractivity contribution >= 4 is 34.7 Å². The number of hydrogen-bond acceptors (Lipinski definition) is 5. The van der Waals surface area contributed by atoms with Gasteiger partial charge in [0.1, 0.15) is 0 Å². The molecule has 1 amide bonds. The van der Waals surface area contributed by atoms with E-state index in [1.54, 1.807) is 11.1 Å². The highest BCUT2D eigenvalue weighted by Crippen LogP contribution is 2.26. The second-order valence-electron chi connectivity index (χ2n) is 6.31. The molecule has 28 heavy (non-hydrogen) atoms. The van der Waals surface area contributed by atoms with Crippen LogP contribution in [0.5, 0.6) is 0 Å². The minimum Gasteiger partial charge on any atom is -0.273 e. The van der Waals surface area contributed by atoms with Gasteiger partial charge in [0.15, 0.2) is 5.17 Å². The van der Waals surface area contributed by atoms with Crippen molar-refractivity contribution < 1.29 is 4.79 Å². The van der Waals surface area contributed by atoms with Gasteiger partial charge in [0.2, 0.25) is 5.91 Å². The summed E-state index contributed by atoms with van der Waals surface area (Å²) in [5, 5.41) is 13.8. The average Bonchev–Trinajstić information content (AvgIpc) is 3.23. The van der Waals surface area contributed by atoms with E-state index < -0.39 is 0 Å². The van der Waals surface area contributed by atoms with E-state index >= 15 is 0 Å². The van der Waals surface area contributed by atoms with Crippen molar-refractivity contribution in [2.24, 2.45) is 10.2 Å². The second kappa shape index (κ2) is 7.82. The Morgan fingerprint density at radius 1 is 1.00 bits per heavy atom. The molecule has 1 aromatic heterocycles. The molecule has 2 aromatic carbocycles. The Labute approximate surface area is 167 Å². The molecule has 4 rings (SSSR count). The number of hydrogen-bond donors (Lipinski definition) is 0. The predicted octanol–water partition coefficient (Wildman–Crippen LogP) is 3.96. The molecular formula is C21H19N5OS. The van der Waals surface area contributed by atoms with Crippen LogP contribution in [0.4, 0.5) is 5.69 Å². The number of amides is 1. The summed E-state index contributed by atoms with van der Waals surface area (Å²) in [6, 6.07) is 19.5. The highest BCUT2D eigenvalue weighted by Gasteiger charge is 2.29. The van der Waals surface area contributed by atoms with Crippen molar-refractivity contribution in [2.75, 3.05) is 10.7 Å². The molecule has 140 valence electrons. The Morgan fingerprint density at radius 2 is 1.64 bits per heavy atom.